The number of imidazole rings is 1. The number of hydrogen-bond acceptors (Lipinski definition) is 6. The molecule has 0 unspecified atom stereocenters. The van der Waals surface area contributed by atoms with Gasteiger partial charge in [-0.15, -0.1) is 0 Å². The van der Waals surface area contributed by atoms with E-state index in [2.05, 4.69) is 19.9 Å². The average Bonchev–Trinajstić information content (AvgIpc) is 3.24. The second-order valence-corrected chi connectivity index (χ2v) is 7.04. The van der Waals surface area contributed by atoms with Crippen LogP contribution >= 0.6 is 0 Å². The average molecular weight is 397 g/mol. The number of aromatic nitrogens is 5. The van der Waals surface area contributed by atoms with Crippen LogP contribution in [0.5, 0.6) is 0 Å². The smallest absolute Gasteiger partial charge is 0.272 e. The Balaban J connectivity index is 1.41. The van der Waals surface area contributed by atoms with Crippen molar-refractivity contribution in [3.63, 3.8) is 0 Å². The third-order valence-corrected chi connectivity index (χ3v) is 5.12. The fraction of sp³-hybridized carbons (Fsp3) is 0.136. The van der Waals surface area contributed by atoms with Crippen LogP contribution in [0.25, 0.3) is 28.1 Å². The number of carbonyl (C=O) groups excluding carboxylic acids is 1. The minimum absolute atomic E-state index is 0.0720. The standard InChI is InChI=1S/C22H19N7O/c23-20-19(21-27-15-5-1-2-6-16(15)28-21)26-18(13-25-20)14-8-11-29(12-9-14)22(30)17-7-3-4-10-24-17/h1-8,10,13H,9,11-12H2,(H2,23,25)(H,27,28). The third-order valence-electron chi connectivity index (χ3n) is 5.12. The summed E-state index contributed by atoms with van der Waals surface area (Å²) >= 11 is 0. The van der Waals surface area contributed by atoms with Gasteiger partial charge in [0, 0.05) is 19.3 Å². The molecule has 3 aromatic heterocycles. The molecule has 0 spiro atoms. The highest BCUT2D eigenvalue weighted by Gasteiger charge is 2.21. The van der Waals surface area contributed by atoms with Gasteiger partial charge in [-0.05, 0) is 36.3 Å². The molecule has 0 atom stereocenters. The van der Waals surface area contributed by atoms with Crippen molar-refractivity contribution in [1.82, 2.24) is 29.8 Å². The lowest BCUT2D eigenvalue weighted by Gasteiger charge is -2.26. The number of H-pyrrole nitrogens is 1. The number of nitrogens with two attached hydrogens (primary N) is 1. The number of amides is 1. The summed E-state index contributed by atoms with van der Waals surface area (Å²) in [7, 11) is 0. The number of nitrogen functional groups attached to an aromatic ring is 1. The van der Waals surface area contributed by atoms with Gasteiger partial charge in [-0.3, -0.25) is 9.78 Å². The number of anilines is 1. The Kier molecular flexibility index (Phi) is 4.44. The first-order chi connectivity index (χ1) is 14.7. The summed E-state index contributed by atoms with van der Waals surface area (Å²) in [5, 5.41) is 0. The molecule has 5 rings (SSSR count). The van der Waals surface area contributed by atoms with Crippen LogP contribution in [0.15, 0.2) is 60.9 Å². The summed E-state index contributed by atoms with van der Waals surface area (Å²) in [4.78, 5) is 35.4. The molecule has 8 nitrogen and oxygen atoms in total. The predicted octanol–water partition coefficient (Wildman–Crippen LogP) is 2.93. The van der Waals surface area contributed by atoms with Gasteiger partial charge in [0.2, 0.25) is 0 Å². The van der Waals surface area contributed by atoms with E-state index in [9.17, 15) is 4.79 Å². The first-order valence-corrected chi connectivity index (χ1v) is 9.66. The molecule has 0 saturated heterocycles. The van der Waals surface area contributed by atoms with E-state index in [1.165, 1.54) is 0 Å². The van der Waals surface area contributed by atoms with Gasteiger partial charge in [0.25, 0.3) is 5.91 Å². The summed E-state index contributed by atoms with van der Waals surface area (Å²) in [5.41, 5.74) is 10.6. The third kappa shape index (κ3) is 3.28. The summed E-state index contributed by atoms with van der Waals surface area (Å²) in [6.07, 6.45) is 5.98. The fourth-order valence-corrected chi connectivity index (χ4v) is 3.53. The second-order valence-electron chi connectivity index (χ2n) is 7.04. The maximum absolute atomic E-state index is 12.6. The summed E-state index contributed by atoms with van der Waals surface area (Å²) in [6.45, 7) is 1.09. The highest BCUT2D eigenvalue weighted by molar-refractivity contribution is 5.92. The Morgan fingerprint density at radius 2 is 1.93 bits per heavy atom. The van der Waals surface area contributed by atoms with E-state index in [1.807, 2.05) is 36.4 Å². The Morgan fingerprint density at radius 3 is 2.70 bits per heavy atom. The quantitative estimate of drug-likeness (QED) is 0.549. The van der Waals surface area contributed by atoms with Crippen LogP contribution in [-0.4, -0.2) is 48.8 Å². The van der Waals surface area contributed by atoms with E-state index in [4.69, 9.17) is 10.7 Å². The molecule has 8 heteroatoms. The molecule has 148 valence electrons. The van der Waals surface area contributed by atoms with Crippen molar-refractivity contribution in [2.75, 3.05) is 18.8 Å². The first-order valence-electron chi connectivity index (χ1n) is 9.66. The van der Waals surface area contributed by atoms with Crippen molar-refractivity contribution in [2.45, 2.75) is 6.42 Å². The Bertz CT molecular complexity index is 1230. The van der Waals surface area contributed by atoms with E-state index >= 15 is 0 Å². The van der Waals surface area contributed by atoms with Crippen LogP contribution in [0.2, 0.25) is 0 Å². The van der Waals surface area contributed by atoms with E-state index in [1.54, 1.807) is 29.4 Å². The van der Waals surface area contributed by atoms with Gasteiger partial charge in [0.05, 0.1) is 22.9 Å². The molecule has 0 aliphatic carbocycles. The molecule has 30 heavy (non-hydrogen) atoms. The number of fused-ring (bicyclic) bond motifs is 1. The van der Waals surface area contributed by atoms with E-state index in [0.717, 1.165) is 22.3 Å². The number of rotatable bonds is 3. The lowest BCUT2D eigenvalue weighted by atomic mass is 10.0. The van der Waals surface area contributed by atoms with Gasteiger partial charge in [0.1, 0.15) is 11.4 Å². The molecule has 3 N–H and O–H groups in total. The van der Waals surface area contributed by atoms with E-state index in [0.29, 0.717) is 42.5 Å². The molecular formula is C22H19N7O. The van der Waals surface area contributed by atoms with Crippen molar-refractivity contribution >= 4 is 28.3 Å². The molecular weight excluding hydrogens is 378 g/mol. The molecule has 0 fully saturated rings. The number of aromatic amines is 1. The fourth-order valence-electron chi connectivity index (χ4n) is 3.53. The van der Waals surface area contributed by atoms with Crippen LogP contribution in [-0.2, 0) is 0 Å². The summed E-state index contributed by atoms with van der Waals surface area (Å²) < 4.78 is 0. The molecule has 4 aromatic rings. The maximum atomic E-state index is 12.6. The van der Waals surface area contributed by atoms with Crippen LogP contribution < -0.4 is 5.73 Å². The van der Waals surface area contributed by atoms with Gasteiger partial charge >= 0.3 is 0 Å². The minimum Gasteiger partial charge on any atom is -0.382 e. The van der Waals surface area contributed by atoms with Crippen LogP contribution in [0.3, 0.4) is 0 Å². The van der Waals surface area contributed by atoms with Crippen LogP contribution in [0, 0.1) is 0 Å². The summed E-state index contributed by atoms with van der Waals surface area (Å²) in [5.74, 6) is 0.838. The molecule has 1 aliphatic rings. The van der Waals surface area contributed by atoms with Crippen molar-refractivity contribution in [2.24, 2.45) is 0 Å². The van der Waals surface area contributed by atoms with Gasteiger partial charge < -0.3 is 15.6 Å². The maximum Gasteiger partial charge on any atom is 0.272 e. The predicted molar refractivity (Wildman–Crippen MR) is 114 cm³/mol. The SMILES string of the molecule is Nc1ncc(C2=CCN(C(=O)c3ccccn3)CC2)nc1-c1nc2ccccc2[nH]1. The highest BCUT2D eigenvalue weighted by Crippen LogP contribution is 2.27. The monoisotopic (exact) mass is 397 g/mol. The normalized spacial score (nSPS) is 14.0. The lowest BCUT2D eigenvalue weighted by Crippen LogP contribution is -2.35. The van der Waals surface area contributed by atoms with Crippen LogP contribution in [0.1, 0.15) is 22.6 Å². The van der Waals surface area contributed by atoms with Crippen LogP contribution in [0.4, 0.5) is 5.82 Å². The number of nitrogens with zero attached hydrogens (tertiary/aromatic N) is 5. The molecule has 4 heterocycles. The van der Waals surface area contributed by atoms with Crippen molar-refractivity contribution < 1.29 is 4.79 Å². The number of nitrogens with one attached hydrogen (secondary N) is 1. The molecule has 1 amide bonds. The van der Waals surface area contributed by atoms with E-state index < -0.39 is 0 Å². The highest BCUT2D eigenvalue weighted by atomic mass is 16.2. The van der Waals surface area contributed by atoms with Crippen molar-refractivity contribution in [3.8, 4) is 11.5 Å². The number of benzene rings is 1. The molecule has 0 bridgehead atoms. The Hall–Kier alpha value is -4.07. The molecule has 1 aromatic carbocycles. The second kappa shape index (κ2) is 7.40. The molecule has 0 radical (unpaired) electrons. The van der Waals surface area contributed by atoms with Crippen molar-refractivity contribution in [1.29, 1.82) is 0 Å². The Labute approximate surface area is 172 Å². The zero-order valence-corrected chi connectivity index (χ0v) is 16.1. The number of pyridine rings is 1. The minimum atomic E-state index is -0.0720. The topological polar surface area (TPSA) is 114 Å². The van der Waals surface area contributed by atoms with Gasteiger partial charge in [-0.25, -0.2) is 15.0 Å². The number of carbonyl (C=O) groups is 1. The summed E-state index contributed by atoms with van der Waals surface area (Å²) in [6, 6.07) is 13.1. The largest absolute Gasteiger partial charge is 0.382 e. The van der Waals surface area contributed by atoms with Gasteiger partial charge in [0.15, 0.2) is 11.6 Å². The Morgan fingerprint density at radius 1 is 1.07 bits per heavy atom. The number of hydrogen-bond donors (Lipinski definition) is 2. The van der Waals surface area contributed by atoms with Gasteiger partial charge in [-0.2, -0.15) is 0 Å². The van der Waals surface area contributed by atoms with Crippen molar-refractivity contribution in [3.05, 3.63) is 72.3 Å². The zero-order chi connectivity index (χ0) is 20.5. The number of para-hydroxylation sites is 2. The molecule has 0 saturated carbocycles. The lowest BCUT2D eigenvalue weighted by molar-refractivity contribution is 0.0767. The zero-order valence-electron chi connectivity index (χ0n) is 16.1. The first kappa shape index (κ1) is 18.0. The van der Waals surface area contributed by atoms with E-state index in [-0.39, 0.29) is 5.91 Å². The molecule has 1 aliphatic heterocycles. The van der Waals surface area contributed by atoms with Gasteiger partial charge in [-0.1, -0.05) is 24.3 Å².